The molecule has 1 atom stereocenters. The number of esters is 1. The van der Waals surface area contributed by atoms with E-state index in [0.717, 1.165) is 0 Å². The summed E-state index contributed by atoms with van der Waals surface area (Å²) in [5.74, 6) is 1.55. The second-order valence-electron chi connectivity index (χ2n) is 2.51. The fourth-order valence-electron chi connectivity index (χ4n) is 0.568. The highest BCUT2D eigenvalue weighted by Crippen LogP contribution is 1.91. The first-order valence-electron chi connectivity index (χ1n) is 4.10. The Morgan fingerprint density at radius 2 is 1.93 bits per heavy atom. The van der Waals surface area contributed by atoms with E-state index in [0.29, 0.717) is 0 Å². The van der Waals surface area contributed by atoms with Gasteiger partial charge < -0.3 is 19.3 Å². The summed E-state index contributed by atoms with van der Waals surface area (Å²) in [5.41, 5.74) is 0. The number of aliphatic hydroxyl groups excluding tert-OH is 1. The molecular weight excluding hydrogens is 204 g/mol. The number of ether oxygens (including phenoxy) is 3. The van der Waals surface area contributed by atoms with Crippen LogP contribution in [0.25, 0.3) is 0 Å². The molecule has 0 saturated heterocycles. The Morgan fingerprint density at radius 1 is 1.33 bits per heavy atom. The maximum atomic E-state index is 10.7. The number of rotatable bonds is 5. The van der Waals surface area contributed by atoms with Gasteiger partial charge in [0, 0.05) is 6.92 Å². The molecule has 0 aliphatic rings. The molecule has 1 N–H and O–H groups in total. The molecule has 6 heteroatoms. The summed E-state index contributed by atoms with van der Waals surface area (Å²) in [6.07, 6.45) is 2.77. The lowest BCUT2D eigenvalue weighted by Crippen LogP contribution is -2.25. The average molecular weight is 216 g/mol. The van der Waals surface area contributed by atoms with Gasteiger partial charge in [0.05, 0.1) is 0 Å². The topological polar surface area (TPSA) is 82.1 Å². The Morgan fingerprint density at radius 3 is 2.47 bits per heavy atom. The maximum absolute atomic E-state index is 10.7. The number of terminal acetylenes is 1. The summed E-state index contributed by atoms with van der Waals surface area (Å²) in [6.45, 7) is 0.446. The van der Waals surface area contributed by atoms with Crippen LogP contribution in [0.4, 0.5) is 4.79 Å². The van der Waals surface area contributed by atoms with Gasteiger partial charge in [0.2, 0.25) is 0 Å². The molecule has 0 aliphatic heterocycles. The van der Waals surface area contributed by atoms with Crippen molar-refractivity contribution in [2.24, 2.45) is 0 Å². The summed E-state index contributed by atoms with van der Waals surface area (Å²) >= 11 is 0. The van der Waals surface area contributed by atoms with Gasteiger partial charge >= 0.3 is 12.1 Å². The van der Waals surface area contributed by atoms with E-state index in [1.165, 1.54) is 6.92 Å². The lowest BCUT2D eigenvalue weighted by molar-refractivity contribution is -0.144. The molecule has 0 heterocycles. The fraction of sp³-hybridized carbons (Fsp3) is 0.556. The van der Waals surface area contributed by atoms with Gasteiger partial charge in [-0.1, -0.05) is 5.92 Å². The number of aliphatic hydroxyl groups is 1. The molecule has 1 unspecified atom stereocenters. The van der Waals surface area contributed by atoms with Gasteiger partial charge in [-0.25, -0.2) is 4.79 Å². The van der Waals surface area contributed by atoms with Crippen molar-refractivity contribution in [3.05, 3.63) is 0 Å². The van der Waals surface area contributed by atoms with Crippen LogP contribution in [0.3, 0.4) is 0 Å². The van der Waals surface area contributed by atoms with Crippen molar-refractivity contribution in [1.82, 2.24) is 0 Å². The Balaban J connectivity index is 3.53. The van der Waals surface area contributed by atoms with Gasteiger partial charge in [-0.15, -0.1) is 6.42 Å². The van der Waals surface area contributed by atoms with Gasteiger partial charge in [0.15, 0.2) is 6.61 Å². The monoisotopic (exact) mass is 216 g/mol. The summed E-state index contributed by atoms with van der Waals surface area (Å²) in [6, 6.07) is 0. The molecule has 0 bridgehead atoms. The minimum Gasteiger partial charge on any atom is -0.463 e. The zero-order valence-electron chi connectivity index (χ0n) is 8.26. The number of hydrogen-bond donors (Lipinski definition) is 1. The normalized spacial score (nSPS) is 11.0. The highest BCUT2D eigenvalue weighted by atomic mass is 16.7. The van der Waals surface area contributed by atoms with E-state index in [-0.39, 0.29) is 19.8 Å². The average Bonchev–Trinajstić information content (AvgIpc) is 2.20. The molecular formula is C9H12O6. The summed E-state index contributed by atoms with van der Waals surface area (Å²) < 4.78 is 13.3. The molecule has 0 saturated carbocycles. The minimum absolute atomic E-state index is 0.196. The first kappa shape index (κ1) is 13.3. The van der Waals surface area contributed by atoms with E-state index in [1.54, 1.807) is 0 Å². The first-order chi connectivity index (χ1) is 7.06. The van der Waals surface area contributed by atoms with Crippen molar-refractivity contribution in [3.63, 3.8) is 0 Å². The maximum Gasteiger partial charge on any atom is 0.509 e. The summed E-state index contributed by atoms with van der Waals surface area (Å²) in [5, 5.41) is 9.12. The van der Waals surface area contributed by atoms with E-state index in [1.807, 2.05) is 0 Å². The van der Waals surface area contributed by atoms with Crippen molar-refractivity contribution in [1.29, 1.82) is 0 Å². The second-order valence-corrected chi connectivity index (χ2v) is 2.51. The highest BCUT2D eigenvalue weighted by molar-refractivity contribution is 5.65. The second kappa shape index (κ2) is 7.64. The number of carbonyl (C=O) groups excluding carboxylic acids is 2. The number of carbonyl (C=O) groups is 2. The van der Waals surface area contributed by atoms with E-state index in [4.69, 9.17) is 11.5 Å². The van der Waals surface area contributed by atoms with E-state index >= 15 is 0 Å². The molecule has 0 amide bonds. The van der Waals surface area contributed by atoms with Gasteiger partial charge in [0.1, 0.15) is 19.3 Å². The fourth-order valence-corrected chi connectivity index (χ4v) is 0.568. The SMILES string of the molecule is C#CCOC(=O)OCC(O)COC(C)=O. The zero-order valence-corrected chi connectivity index (χ0v) is 8.26. The zero-order chi connectivity index (χ0) is 11.7. The summed E-state index contributed by atoms with van der Waals surface area (Å²) in [7, 11) is 0. The Bertz CT molecular complexity index is 254. The van der Waals surface area contributed by atoms with Crippen molar-refractivity contribution in [2.75, 3.05) is 19.8 Å². The lowest BCUT2D eigenvalue weighted by Gasteiger charge is -2.10. The molecule has 0 aromatic heterocycles. The molecule has 0 rings (SSSR count). The largest absolute Gasteiger partial charge is 0.509 e. The molecule has 0 aromatic carbocycles. The molecule has 6 nitrogen and oxygen atoms in total. The first-order valence-corrected chi connectivity index (χ1v) is 4.10. The van der Waals surface area contributed by atoms with Crippen LogP contribution in [-0.4, -0.2) is 43.2 Å². The van der Waals surface area contributed by atoms with Gasteiger partial charge in [-0.05, 0) is 0 Å². The quantitative estimate of drug-likeness (QED) is 0.501. The van der Waals surface area contributed by atoms with Gasteiger partial charge in [0.25, 0.3) is 0 Å². The van der Waals surface area contributed by atoms with Crippen molar-refractivity contribution >= 4 is 12.1 Å². The molecule has 0 spiro atoms. The third-order valence-electron chi connectivity index (χ3n) is 1.15. The van der Waals surface area contributed by atoms with Crippen LogP contribution in [0.5, 0.6) is 0 Å². The lowest BCUT2D eigenvalue weighted by atomic mass is 10.4. The Kier molecular flexibility index (Phi) is 6.76. The smallest absolute Gasteiger partial charge is 0.463 e. The molecule has 0 fully saturated rings. The third-order valence-corrected chi connectivity index (χ3v) is 1.15. The molecule has 0 aliphatic carbocycles. The van der Waals surface area contributed by atoms with Gasteiger partial charge in [-0.3, -0.25) is 4.79 Å². The van der Waals surface area contributed by atoms with Crippen molar-refractivity contribution in [2.45, 2.75) is 13.0 Å². The Labute approximate surface area is 87.1 Å². The van der Waals surface area contributed by atoms with E-state index in [2.05, 4.69) is 20.1 Å². The van der Waals surface area contributed by atoms with Crippen molar-refractivity contribution < 1.29 is 28.9 Å². The van der Waals surface area contributed by atoms with Crippen LogP contribution in [0.2, 0.25) is 0 Å². The summed E-state index contributed by atoms with van der Waals surface area (Å²) in [4.78, 5) is 21.0. The van der Waals surface area contributed by atoms with Crippen molar-refractivity contribution in [3.8, 4) is 12.3 Å². The highest BCUT2D eigenvalue weighted by Gasteiger charge is 2.10. The molecule has 84 valence electrons. The van der Waals surface area contributed by atoms with Crippen LogP contribution in [0, 0.1) is 12.3 Å². The minimum atomic E-state index is -1.08. The molecule has 15 heavy (non-hydrogen) atoms. The predicted molar refractivity (Wildman–Crippen MR) is 48.8 cm³/mol. The standard InChI is InChI=1S/C9H12O6/c1-3-4-13-9(12)15-6-8(11)5-14-7(2)10/h1,8,11H,4-6H2,2H3. The molecule has 0 aromatic rings. The number of hydrogen-bond acceptors (Lipinski definition) is 6. The van der Waals surface area contributed by atoms with Crippen LogP contribution >= 0.6 is 0 Å². The molecule has 0 radical (unpaired) electrons. The van der Waals surface area contributed by atoms with Crippen LogP contribution in [0.1, 0.15) is 6.92 Å². The van der Waals surface area contributed by atoms with Crippen LogP contribution < -0.4 is 0 Å². The van der Waals surface area contributed by atoms with E-state index in [9.17, 15) is 9.59 Å². The van der Waals surface area contributed by atoms with Crippen LogP contribution in [0.15, 0.2) is 0 Å². The van der Waals surface area contributed by atoms with Gasteiger partial charge in [-0.2, -0.15) is 0 Å². The van der Waals surface area contributed by atoms with E-state index < -0.39 is 18.2 Å². The predicted octanol–water partition coefficient (Wildman–Crippen LogP) is -0.303. The Hall–Kier alpha value is -1.74. The van der Waals surface area contributed by atoms with Crippen LogP contribution in [-0.2, 0) is 19.0 Å². The third kappa shape index (κ3) is 8.59.